The number of hydrogen-bond acceptors (Lipinski definition) is 5. The molecule has 0 radical (unpaired) electrons. The van der Waals surface area contributed by atoms with Crippen molar-refractivity contribution < 1.29 is 26.3 Å². The third kappa shape index (κ3) is 4.72. The van der Waals surface area contributed by atoms with Gasteiger partial charge in [-0.15, -0.1) is 0 Å². The van der Waals surface area contributed by atoms with Crippen LogP contribution in [0.2, 0.25) is 0 Å². The number of rotatable bonds is 4. The van der Waals surface area contributed by atoms with Gasteiger partial charge in [0.25, 0.3) is 5.95 Å². The zero-order chi connectivity index (χ0) is 22.1. The molecule has 0 unspecified atom stereocenters. The normalized spacial score (nSPS) is 13.2. The molecule has 0 saturated carbocycles. The molecule has 0 saturated heterocycles. The van der Waals surface area contributed by atoms with Crippen LogP contribution < -0.4 is 5.32 Å². The molecule has 0 spiro atoms. The molecule has 0 aliphatic carbocycles. The van der Waals surface area contributed by atoms with Gasteiger partial charge in [-0.1, -0.05) is 12.2 Å². The van der Waals surface area contributed by atoms with Crippen LogP contribution in [-0.2, 0) is 12.4 Å². The molecule has 1 N–H and O–H groups in total. The van der Waals surface area contributed by atoms with Crippen LogP contribution in [0, 0.1) is 0 Å². The molecule has 158 valence electrons. The van der Waals surface area contributed by atoms with E-state index < -0.39 is 35.1 Å². The summed E-state index contributed by atoms with van der Waals surface area (Å²) in [5, 5.41) is 6.66. The Morgan fingerprint density at radius 3 is 2.07 bits per heavy atom. The SMILES string of the molecule is C[C@H](NC(=S)c1cc(C(F)(F)F)cc(C(F)(F)F)c1)c1ncnn1-c1ncccn1. The number of alkyl halides is 6. The van der Waals surface area contributed by atoms with E-state index in [1.165, 1.54) is 23.4 Å². The summed E-state index contributed by atoms with van der Waals surface area (Å²) >= 11 is 5.06. The fraction of sp³-hybridized carbons (Fsp3) is 0.235. The lowest BCUT2D eigenvalue weighted by atomic mass is 10.0. The third-order valence-corrected chi connectivity index (χ3v) is 4.25. The molecule has 0 aliphatic rings. The Labute approximate surface area is 171 Å². The molecule has 3 aromatic rings. The summed E-state index contributed by atoms with van der Waals surface area (Å²) in [7, 11) is 0. The van der Waals surface area contributed by atoms with Crippen molar-refractivity contribution in [3.63, 3.8) is 0 Å². The fourth-order valence-electron chi connectivity index (χ4n) is 2.53. The highest BCUT2D eigenvalue weighted by atomic mass is 32.1. The average molecular weight is 446 g/mol. The molecule has 0 aliphatic heterocycles. The predicted molar refractivity (Wildman–Crippen MR) is 96.6 cm³/mol. The first-order chi connectivity index (χ1) is 14.0. The maximum atomic E-state index is 13.1. The Morgan fingerprint density at radius 1 is 0.967 bits per heavy atom. The van der Waals surface area contributed by atoms with Gasteiger partial charge < -0.3 is 5.32 Å². The molecule has 2 aromatic heterocycles. The maximum absolute atomic E-state index is 13.1. The standard InChI is InChI=1S/C17H12F6N6S/c1-9(13-26-8-27-29(13)15-24-3-2-4-25-15)28-14(30)10-5-11(16(18,19)20)7-12(6-10)17(21,22)23/h2-9H,1H3,(H,28,30)/t9-/m0/s1. The summed E-state index contributed by atoms with van der Waals surface area (Å²) < 4.78 is 79.6. The monoisotopic (exact) mass is 446 g/mol. The first-order valence-corrected chi connectivity index (χ1v) is 8.65. The second-order valence-corrected chi connectivity index (χ2v) is 6.48. The van der Waals surface area contributed by atoms with Crippen LogP contribution in [0.3, 0.4) is 0 Å². The summed E-state index contributed by atoms with van der Waals surface area (Å²) in [6, 6.07) is 2.01. The summed E-state index contributed by atoms with van der Waals surface area (Å²) in [5.41, 5.74) is -3.34. The van der Waals surface area contributed by atoms with Crippen LogP contribution in [0.1, 0.15) is 35.5 Å². The minimum atomic E-state index is -4.97. The molecule has 0 fully saturated rings. The van der Waals surface area contributed by atoms with Crippen molar-refractivity contribution in [3.8, 4) is 5.95 Å². The molecule has 1 aromatic carbocycles. The number of nitrogens with zero attached hydrogens (tertiary/aromatic N) is 5. The van der Waals surface area contributed by atoms with E-state index in [2.05, 4.69) is 25.4 Å². The Balaban J connectivity index is 1.91. The molecular formula is C17H12F6N6S. The maximum Gasteiger partial charge on any atom is 0.416 e. The second kappa shape index (κ2) is 7.97. The Hall–Kier alpha value is -3.09. The van der Waals surface area contributed by atoms with Crippen molar-refractivity contribution in [2.75, 3.05) is 0 Å². The van der Waals surface area contributed by atoms with Gasteiger partial charge >= 0.3 is 12.4 Å². The van der Waals surface area contributed by atoms with Crippen LogP contribution in [0.25, 0.3) is 5.95 Å². The van der Waals surface area contributed by atoms with Gasteiger partial charge in [-0.05, 0) is 31.2 Å². The van der Waals surface area contributed by atoms with Crippen LogP contribution in [0.15, 0.2) is 43.0 Å². The highest BCUT2D eigenvalue weighted by molar-refractivity contribution is 7.80. The minimum Gasteiger partial charge on any atom is -0.366 e. The van der Waals surface area contributed by atoms with Crippen molar-refractivity contribution in [1.82, 2.24) is 30.0 Å². The lowest BCUT2D eigenvalue weighted by Gasteiger charge is -2.18. The molecule has 13 heteroatoms. The fourth-order valence-corrected chi connectivity index (χ4v) is 2.83. The van der Waals surface area contributed by atoms with Crippen LogP contribution in [0.5, 0.6) is 0 Å². The highest BCUT2D eigenvalue weighted by Gasteiger charge is 2.37. The van der Waals surface area contributed by atoms with E-state index in [-0.39, 0.29) is 22.8 Å². The van der Waals surface area contributed by atoms with Gasteiger partial charge in [0.05, 0.1) is 17.2 Å². The van der Waals surface area contributed by atoms with E-state index in [1.807, 2.05) is 0 Å². The summed E-state index contributed by atoms with van der Waals surface area (Å²) in [4.78, 5) is 11.8. The van der Waals surface area contributed by atoms with E-state index in [0.717, 1.165) is 0 Å². The Bertz CT molecular complexity index is 1010. The van der Waals surface area contributed by atoms with Crippen LogP contribution in [-0.4, -0.2) is 29.7 Å². The lowest BCUT2D eigenvalue weighted by Crippen LogP contribution is -2.29. The zero-order valence-electron chi connectivity index (χ0n) is 15.0. The van der Waals surface area contributed by atoms with E-state index in [4.69, 9.17) is 12.2 Å². The van der Waals surface area contributed by atoms with Crippen LogP contribution in [0.4, 0.5) is 26.3 Å². The number of hydrogen-bond donors (Lipinski definition) is 1. The first kappa shape index (κ1) is 21.6. The van der Waals surface area contributed by atoms with Crippen LogP contribution >= 0.6 is 12.2 Å². The van der Waals surface area contributed by atoms with Gasteiger partial charge in [0.1, 0.15) is 11.3 Å². The summed E-state index contributed by atoms with van der Waals surface area (Å²) in [6.07, 6.45) is -5.79. The molecule has 0 amide bonds. The third-order valence-electron chi connectivity index (χ3n) is 3.90. The van der Waals surface area contributed by atoms with Gasteiger partial charge in [-0.25, -0.2) is 15.0 Å². The topological polar surface area (TPSA) is 68.5 Å². The molecule has 1 atom stereocenters. The number of aromatic nitrogens is 5. The van der Waals surface area contributed by atoms with Crippen molar-refractivity contribution in [2.45, 2.75) is 25.3 Å². The van der Waals surface area contributed by atoms with Gasteiger partial charge in [0.15, 0.2) is 5.82 Å². The van der Waals surface area contributed by atoms with Gasteiger partial charge in [0.2, 0.25) is 0 Å². The smallest absolute Gasteiger partial charge is 0.366 e. The van der Waals surface area contributed by atoms with Crippen molar-refractivity contribution in [1.29, 1.82) is 0 Å². The summed E-state index contributed by atoms with van der Waals surface area (Å²) in [6.45, 7) is 1.56. The Morgan fingerprint density at radius 2 is 1.53 bits per heavy atom. The van der Waals surface area contributed by atoms with Crippen molar-refractivity contribution >= 4 is 17.2 Å². The predicted octanol–water partition coefficient (Wildman–Crippen LogP) is 4.12. The second-order valence-electron chi connectivity index (χ2n) is 6.07. The lowest BCUT2D eigenvalue weighted by molar-refractivity contribution is -0.143. The number of nitrogens with one attached hydrogen (secondary N) is 1. The Kier molecular flexibility index (Phi) is 5.74. The molecule has 30 heavy (non-hydrogen) atoms. The number of thiocarbonyl (C=S) groups is 1. The molecule has 3 rings (SSSR count). The van der Waals surface area contributed by atoms with Crippen molar-refractivity contribution in [3.05, 3.63) is 65.5 Å². The van der Waals surface area contributed by atoms with E-state index in [9.17, 15) is 26.3 Å². The largest absolute Gasteiger partial charge is 0.416 e. The quantitative estimate of drug-likeness (QED) is 0.481. The number of benzene rings is 1. The van der Waals surface area contributed by atoms with E-state index in [0.29, 0.717) is 12.1 Å². The van der Waals surface area contributed by atoms with Gasteiger partial charge in [-0.2, -0.15) is 36.1 Å². The van der Waals surface area contributed by atoms with Gasteiger partial charge in [-0.3, -0.25) is 0 Å². The molecule has 0 bridgehead atoms. The molecular weight excluding hydrogens is 434 g/mol. The highest BCUT2D eigenvalue weighted by Crippen LogP contribution is 2.36. The summed E-state index contributed by atoms with van der Waals surface area (Å²) in [5.74, 6) is 0.439. The van der Waals surface area contributed by atoms with E-state index in [1.54, 1.807) is 13.0 Å². The zero-order valence-corrected chi connectivity index (χ0v) is 15.8. The van der Waals surface area contributed by atoms with E-state index >= 15 is 0 Å². The molecule has 6 nitrogen and oxygen atoms in total. The van der Waals surface area contributed by atoms with Crippen molar-refractivity contribution in [2.24, 2.45) is 0 Å². The van der Waals surface area contributed by atoms with Gasteiger partial charge in [0, 0.05) is 18.0 Å². The molecule has 2 heterocycles. The first-order valence-electron chi connectivity index (χ1n) is 8.24. The average Bonchev–Trinajstić information content (AvgIpc) is 3.17. The number of halogens is 6. The minimum absolute atomic E-state index is 0.0406.